The van der Waals surface area contributed by atoms with Crippen LogP contribution in [0.3, 0.4) is 0 Å². The van der Waals surface area contributed by atoms with E-state index >= 15 is 0 Å². The Balaban J connectivity index is 1.79. The fraction of sp³-hybridized carbons (Fsp3) is 0.870. The summed E-state index contributed by atoms with van der Waals surface area (Å²) >= 11 is 0. The topological polar surface area (TPSA) is 105 Å². The molecule has 5 atom stereocenters. The van der Waals surface area contributed by atoms with Gasteiger partial charge in [0.25, 0.3) is 0 Å². The molecular weight excluding hydrogens is 400 g/mol. The molecule has 0 aromatic carbocycles. The lowest BCUT2D eigenvalue weighted by atomic mass is 9.71. The number of likely N-dealkylation sites (tertiary alicyclic amines) is 1. The van der Waals surface area contributed by atoms with E-state index in [0.717, 1.165) is 44.9 Å². The lowest BCUT2D eigenvalue weighted by molar-refractivity contribution is -0.154. The zero-order valence-corrected chi connectivity index (χ0v) is 18.9. The van der Waals surface area contributed by atoms with Gasteiger partial charge in [0, 0.05) is 19.7 Å². The van der Waals surface area contributed by atoms with E-state index < -0.39 is 23.5 Å². The first-order valence-electron chi connectivity index (χ1n) is 12.0. The average Bonchev–Trinajstić information content (AvgIpc) is 3.39. The number of aliphatic hydroxyl groups excluding tert-OH is 1. The summed E-state index contributed by atoms with van der Waals surface area (Å²) in [6.45, 7) is 5.31. The predicted molar refractivity (Wildman–Crippen MR) is 114 cm³/mol. The van der Waals surface area contributed by atoms with Crippen molar-refractivity contribution in [2.45, 2.75) is 89.4 Å². The van der Waals surface area contributed by atoms with Crippen LogP contribution in [0.5, 0.6) is 0 Å². The first-order chi connectivity index (χ1) is 15.0. The summed E-state index contributed by atoms with van der Waals surface area (Å²) in [5, 5.41) is 12.0. The highest BCUT2D eigenvalue weighted by molar-refractivity contribution is 5.98. The summed E-state index contributed by atoms with van der Waals surface area (Å²) < 4.78 is 11.6. The number of fused-ring (bicyclic) bond motifs is 1. The molecule has 0 aromatic rings. The molecule has 3 saturated heterocycles. The number of amides is 2. The van der Waals surface area contributed by atoms with Crippen LogP contribution in [0.1, 0.15) is 71.6 Å². The van der Waals surface area contributed by atoms with Crippen LogP contribution in [0.15, 0.2) is 0 Å². The van der Waals surface area contributed by atoms with Gasteiger partial charge in [-0.1, -0.05) is 32.6 Å². The minimum atomic E-state index is -0.931. The Kier molecular flexibility index (Phi) is 8.33. The molecule has 3 aliphatic heterocycles. The molecule has 1 spiro atoms. The molecule has 3 rings (SSSR count). The number of carbonyl (C=O) groups is 3. The maximum Gasteiger partial charge on any atom is 0.312 e. The van der Waals surface area contributed by atoms with Crippen molar-refractivity contribution in [3.63, 3.8) is 0 Å². The lowest BCUT2D eigenvalue weighted by Crippen LogP contribution is -2.55. The van der Waals surface area contributed by atoms with Gasteiger partial charge in [0.2, 0.25) is 11.8 Å². The van der Waals surface area contributed by atoms with E-state index in [1.807, 2.05) is 0 Å². The highest BCUT2D eigenvalue weighted by Gasteiger charge is 2.74. The minimum absolute atomic E-state index is 0.156. The summed E-state index contributed by atoms with van der Waals surface area (Å²) in [4.78, 5) is 41.2. The molecule has 31 heavy (non-hydrogen) atoms. The second-order valence-corrected chi connectivity index (χ2v) is 8.98. The van der Waals surface area contributed by atoms with E-state index in [2.05, 4.69) is 12.2 Å². The van der Waals surface area contributed by atoms with Crippen molar-refractivity contribution in [1.29, 1.82) is 0 Å². The summed E-state index contributed by atoms with van der Waals surface area (Å²) in [5.41, 5.74) is -0.931. The van der Waals surface area contributed by atoms with Gasteiger partial charge in [0.05, 0.1) is 24.5 Å². The van der Waals surface area contributed by atoms with Gasteiger partial charge >= 0.3 is 5.97 Å². The van der Waals surface area contributed by atoms with Gasteiger partial charge in [-0.3, -0.25) is 14.4 Å². The van der Waals surface area contributed by atoms with Gasteiger partial charge in [0.15, 0.2) is 0 Å². The molecule has 3 heterocycles. The summed E-state index contributed by atoms with van der Waals surface area (Å²) in [7, 11) is 0. The number of hydrogen-bond acceptors (Lipinski definition) is 6. The average molecular weight is 439 g/mol. The molecule has 2 unspecified atom stereocenters. The Labute approximate surface area is 185 Å². The highest BCUT2D eigenvalue weighted by Crippen LogP contribution is 2.58. The SMILES string of the molecule is CCCCCNC(=O)C1N(CCCCCCO)C(=O)[C@@H]2[C@@H](C(=O)OCC)[C@H]3CCC12O3. The van der Waals surface area contributed by atoms with E-state index in [1.165, 1.54) is 0 Å². The van der Waals surface area contributed by atoms with Gasteiger partial charge in [-0.15, -0.1) is 0 Å². The van der Waals surface area contributed by atoms with Crippen LogP contribution in [0, 0.1) is 11.8 Å². The summed E-state index contributed by atoms with van der Waals surface area (Å²) in [6, 6.07) is -0.700. The van der Waals surface area contributed by atoms with Crippen molar-refractivity contribution < 1.29 is 29.0 Å². The third-order valence-corrected chi connectivity index (χ3v) is 6.99. The van der Waals surface area contributed by atoms with Crippen LogP contribution in [0.4, 0.5) is 0 Å². The highest BCUT2D eigenvalue weighted by atomic mass is 16.6. The molecule has 3 aliphatic rings. The third kappa shape index (κ3) is 4.60. The molecule has 2 amide bonds. The largest absolute Gasteiger partial charge is 0.466 e. The second-order valence-electron chi connectivity index (χ2n) is 8.98. The Bertz CT molecular complexity index is 656. The van der Waals surface area contributed by atoms with Crippen molar-refractivity contribution in [2.24, 2.45) is 11.8 Å². The van der Waals surface area contributed by atoms with Crippen molar-refractivity contribution >= 4 is 17.8 Å². The molecule has 8 nitrogen and oxygen atoms in total. The third-order valence-electron chi connectivity index (χ3n) is 6.99. The summed E-state index contributed by atoms with van der Waals surface area (Å²) in [6.07, 6.45) is 7.16. The van der Waals surface area contributed by atoms with Crippen LogP contribution in [-0.2, 0) is 23.9 Å². The van der Waals surface area contributed by atoms with Crippen LogP contribution in [0.2, 0.25) is 0 Å². The smallest absolute Gasteiger partial charge is 0.312 e. The number of nitrogens with zero attached hydrogens (tertiary/aromatic N) is 1. The van der Waals surface area contributed by atoms with Crippen molar-refractivity contribution in [3.05, 3.63) is 0 Å². The molecule has 3 fully saturated rings. The van der Waals surface area contributed by atoms with Gasteiger partial charge in [-0.2, -0.15) is 0 Å². The van der Waals surface area contributed by atoms with Gasteiger partial charge in [-0.05, 0) is 39.0 Å². The monoisotopic (exact) mass is 438 g/mol. The molecule has 0 aliphatic carbocycles. The summed E-state index contributed by atoms with van der Waals surface area (Å²) in [5.74, 6) is -1.99. The second kappa shape index (κ2) is 10.8. The molecule has 2 bridgehead atoms. The van der Waals surface area contributed by atoms with E-state index in [0.29, 0.717) is 25.9 Å². The van der Waals surface area contributed by atoms with Crippen molar-refractivity contribution in [2.75, 3.05) is 26.3 Å². The zero-order chi connectivity index (χ0) is 22.4. The standard InChI is InChI=1S/C23H38N2O6/c1-3-5-8-13-24-20(27)19-23-12-11-16(31-23)17(22(29)30-4-2)18(23)21(28)25(19)14-9-6-7-10-15-26/h16-19,26H,3-15H2,1-2H3,(H,24,27)/t16-,17+,18+,19?,23?/m1/s1. The van der Waals surface area contributed by atoms with Crippen LogP contribution < -0.4 is 5.32 Å². The molecule has 8 heteroatoms. The molecule has 0 radical (unpaired) electrons. The van der Waals surface area contributed by atoms with Gasteiger partial charge < -0.3 is 24.8 Å². The van der Waals surface area contributed by atoms with E-state index in [-0.39, 0.29) is 37.1 Å². The number of nitrogens with one attached hydrogen (secondary N) is 1. The van der Waals surface area contributed by atoms with Crippen molar-refractivity contribution in [3.8, 4) is 0 Å². The van der Waals surface area contributed by atoms with Crippen LogP contribution in [-0.4, -0.2) is 71.8 Å². The zero-order valence-electron chi connectivity index (χ0n) is 18.9. The number of unbranched alkanes of at least 4 members (excludes halogenated alkanes) is 5. The van der Waals surface area contributed by atoms with Crippen LogP contribution >= 0.6 is 0 Å². The van der Waals surface area contributed by atoms with E-state index in [1.54, 1.807) is 11.8 Å². The maximum atomic E-state index is 13.5. The quantitative estimate of drug-likeness (QED) is 0.335. The maximum absolute atomic E-state index is 13.5. The first kappa shape index (κ1) is 24.0. The number of carbonyl (C=O) groups excluding carboxylic acids is 3. The fourth-order valence-corrected chi connectivity index (χ4v) is 5.63. The Hall–Kier alpha value is -1.67. The molecule has 176 valence electrons. The number of aliphatic hydroxyl groups is 1. The molecule has 0 saturated carbocycles. The number of hydrogen-bond donors (Lipinski definition) is 2. The molecule has 0 aromatic heterocycles. The molecular formula is C23H38N2O6. The minimum Gasteiger partial charge on any atom is -0.466 e. The molecule has 2 N–H and O–H groups in total. The van der Waals surface area contributed by atoms with Gasteiger partial charge in [0.1, 0.15) is 11.6 Å². The normalized spacial score (nSPS) is 31.2. The first-order valence-corrected chi connectivity index (χ1v) is 12.0. The predicted octanol–water partition coefficient (Wildman–Crippen LogP) is 1.78. The van der Waals surface area contributed by atoms with Crippen LogP contribution in [0.25, 0.3) is 0 Å². The Morgan fingerprint density at radius 3 is 2.68 bits per heavy atom. The Morgan fingerprint density at radius 1 is 1.19 bits per heavy atom. The number of esters is 1. The lowest BCUT2D eigenvalue weighted by Gasteiger charge is -2.33. The van der Waals surface area contributed by atoms with E-state index in [4.69, 9.17) is 14.6 Å². The Morgan fingerprint density at radius 2 is 1.97 bits per heavy atom. The van der Waals surface area contributed by atoms with E-state index in [9.17, 15) is 14.4 Å². The number of ether oxygens (including phenoxy) is 2. The number of rotatable bonds is 13. The van der Waals surface area contributed by atoms with Gasteiger partial charge in [-0.25, -0.2) is 0 Å². The fourth-order valence-electron chi connectivity index (χ4n) is 5.63. The van der Waals surface area contributed by atoms with Crippen molar-refractivity contribution in [1.82, 2.24) is 10.2 Å².